The number of hydrogen-bond acceptors (Lipinski definition) is 4. The van der Waals surface area contributed by atoms with Crippen LogP contribution in [0.3, 0.4) is 0 Å². The Morgan fingerprint density at radius 2 is 1.93 bits per heavy atom. The molecule has 2 saturated heterocycles. The molecule has 2 fully saturated rings. The second kappa shape index (κ2) is 7.46. The van der Waals surface area contributed by atoms with Gasteiger partial charge in [0, 0.05) is 32.2 Å². The van der Waals surface area contributed by atoms with Gasteiger partial charge in [-0.1, -0.05) is 12.1 Å². The highest BCUT2D eigenvalue weighted by Gasteiger charge is 2.34. The molecule has 8 nitrogen and oxygen atoms in total. The molecule has 1 aromatic rings. The molecule has 4 rings (SSSR count). The summed E-state index contributed by atoms with van der Waals surface area (Å²) in [6.45, 7) is 2.70. The van der Waals surface area contributed by atoms with Crippen molar-refractivity contribution in [1.29, 1.82) is 0 Å². The summed E-state index contributed by atoms with van der Waals surface area (Å²) in [6, 6.07) is 7.37. The highest BCUT2D eigenvalue weighted by molar-refractivity contribution is 5.99. The summed E-state index contributed by atoms with van der Waals surface area (Å²) < 4.78 is 5.72. The number of hydrogen-bond donors (Lipinski definition) is 2. The van der Waals surface area contributed by atoms with Crippen LogP contribution in [0.15, 0.2) is 24.3 Å². The van der Waals surface area contributed by atoms with Crippen molar-refractivity contribution in [2.45, 2.75) is 37.8 Å². The number of urea groups is 1. The maximum Gasteiger partial charge on any atom is 0.317 e. The molecular weight excluding hydrogens is 348 g/mol. The van der Waals surface area contributed by atoms with E-state index < -0.39 is 6.10 Å². The lowest BCUT2D eigenvalue weighted by Crippen LogP contribution is -2.55. The number of carbonyl (C=O) groups excluding carboxylic acids is 3. The minimum Gasteiger partial charge on any atom is -0.478 e. The monoisotopic (exact) mass is 372 g/mol. The summed E-state index contributed by atoms with van der Waals surface area (Å²) in [6.07, 6.45) is 1.70. The number of carbonyl (C=O) groups is 3. The number of para-hydroxylation sites is 2. The minimum absolute atomic E-state index is 0.00281. The predicted octanol–water partition coefficient (Wildman–Crippen LogP) is 1.18. The number of nitrogens with one attached hydrogen (secondary N) is 2. The maximum atomic E-state index is 12.6. The SMILES string of the molecule is O=C1Nc2ccccc2OC1CC(=O)N1CCC(N2CCCNC2=O)CC1. The summed E-state index contributed by atoms with van der Waals surface area (Å²) in [7, 11) is 0. The maximum absolute atomic E-state index is 12.6. The van der Waals surface area contributed by atoms with Gasteiger partial charge in [-0.3, -0.25) is 9.59 Å². The van der Waals surface area contributed by atoms with E-state index in [1.54, 1.807) is 17.0 Å². The standard InChI is InChI=1S/C19H24N4O4/c24-17(12-16-18(25)21-14-4-1-2-5-15(14)27-16)22-10-6-13(7-11-22)23-9-3-8-20-19(23)26/h1-2,4-5,13,16H,3,6-12H2,(H,20,26)(H,21,25). The molecule has 0 aliphatic carbocycles. The van der Waals surface area contributed by atoms with Gasteiger partial charge in [0.2, 0.25) is 5.91 Å². The topological polar surface area (TPSA) is 91.0 Å². The predicted molar refractivity (Wildman–Crippen MR) is 98.4 cm³/mol. The van der Waals surface area contributed by atoms with Gasteiger partial charge in [0.25, 0.3) is 5.91 Å². The van der Waals surface area contributed by atoms with E-state index in [9.17, 15) is 14.4 Å². The molecule has 4 amide bonds. The minimum atomic E-state index is -0.807. The first-order valence-corrected chi connectivity index (χ1v) is 9.50. The van der Waals surface area contributed by atoms with E-state index in [0.29, 0.717) is 24.5 Å². The molecular formula is C19H24N4O4. The van der Waals surface area contributed by atoms with Crippen molar-refractivity contribution in [1.82, 2.24) is 15.1 Å². The molecule has 0 spiro atoms. The van der Waals surface area contributed by atoms with Gasteiger partial charge in [0.05, 0.1) is 12.1 Å². The molecule has 0 bridgehead atoms. The van der Waals surface area contributed by atoms with Crippen LogP contribution in [0, 0.1) is 0 Å². The average molecular weight is 372 g/mol. The molecule has 1 atom stereocenters. The zero-order valence-electron chi connectivity index (χ0n) is 15.1. The van der Waals surface area contributed by atoms with Gasteiger partial charge in [-0.15, -0.1) is 0 Å². The smallest absolute Gasteiger partial charge is 0.317 e. The van der Waals surface area contributed by atoms with Crippen LogP contribution < -0.4 is 15.4 Å². The van der Waals surface area contributed by atoms with Crippen LogP contribution in [-0.2, 0) is 9.59 Å². The third-order valence-corrected chi connectivity index (χ3v) is 5.44. The summed E-state index contributed by atoms with van der Waals surface area (Å²) in [5.74, 6) is 0.211. The molecule has 8 heteroatoms. The molecule has 2 N–H and O–H groups in total. The van der Waals surface area contributed by atoms with Crippen molar-refractivity contribution in [3.63, 3.8) is 0 Å². The third kappa shape index (κ3) is 3.70. The first-order valence-electron chi connectivity index (χ1n) is 9.50. The number of rotatable bonds is 3. The molecule has 1 unspecified atom stereocenters. The van der Waals surface area contributed by atoms with Crippen molar-refractivity contribution < 1.29 is 19.1 Å². The molecule has 0 aromatic heterocycles. The van der Waals surface area contributed by atoms with Gasteiger partial charge in [-0.2, -0.15) is 0 Å². The van der Waals surface area contributed by atoms with Crippen LogP contribution in [-0.4, -0.2) is 66.0 Å². The van der Waals surface area contributed by atoms with Crippen molar-refractivity contribution in [3.8, 4) is 5.75 Å². The molecule has 144 valence electrons. The van der Waals surface area contributed by atoms with E-state index in [1.165, 1.54) is 0 Å². The lowest BCUT2D eigenvalue weighted by atomic mass is 10.0. The Balaban J connectivity index is 1.31. The van der Waals surface area contributed by atoms with Crippen molar-refractivity contribution in [2.75, 3.05) is 31.5 Å². The van der Waals surface area contributed by atoms with Crippen LogP contribution in [0.4, 0.5) is 10.5 Å². The fourth-order valence-corrected chi connectivity index (χ4v) is 3.94. The lowest BCUT2D eigenvalue weighted by Gasteiger charge is -2.40. The summed E-state index contributed by atoms with van der Waals surface area (Å²) in [4.78, 5) is 40.5. The van der Waals surface area contributed by atoms with E-state index in [1.807, 2.05) is 17.0 Å². The molecule has 27 heavy (non-hydrogen) atoms. The first-order chi connectivity index (χ1) is 13.1. The molecule has 1 aromatic carbocycles. The number of likely N-dealkylation sites (tertiary alicyclic amines) is 1. The first kappa shape index (κ1) is 17.6. The Kier molecular flexibility index (Phi) is 4.87. The van der Waals surface area contributed by atoms with Crippen molar-refractivity contribution in [3.05, 3.63) is 24.3 Å². The van der Waals surface area contributed by atoms with Crippen LogP contribution in [0.2, 0.25) is 0 Å². The molecule has 0 radical (unpaired) electrons. The van der Waals surface area contributed by atoms with Gasteiger partial charge in [-0.25, -0.2) is 4.79 Å². The average Bonchev–Trinajstić information content (AvgIpc) is 2.69. The fraction of sp³-hybridized carbons (Fsp3) is 0.526. The van der Waals surface area contributed by atoms with E-state index in [0.717, 1.165) is 32.4 Å². The van der Waals surface area contributed by atoms with Crippen LogP contribution in [0.1, 0.15) is 25.7 Å². The Labute approximate surface area is 157 Å². The van der Waals surface area contributed by atoms with Crippen LogP contribution >= 0.6 is 0 Å². The number of amides is 4. The number of piperidine rings is 1. The molecule has 3 heterocycles. The molecule has 3 aliphatic rings. The number of benzene rings is 1. The Hall–Kier alpha value is -2.77. The van der Waals surface area contributed by atoms with Crippen molar-refractivity contribution in [2.24, 2.45) is 0 Å². The summed E-state index contributed by atoms with van der Waals surface area (Å²) >= 11 is 0. The van der Waals surface area contributed by atoms with E-state index >= 15 is 0 Å². The fourth-order valence-electron chi connectivity index (χ4n) is 3.94. The van der Waals surface area contributed by atoms with Gasteiger partial charge in [0.15, 0.2) is 6.10 Å². The van der Waals surface area contributed by atoms with Gasteiger partial charge >= 0.3 is 6.03 Å². The van der Waals surface area contributed by atoms with Gasteiger partial charge in [0.1, 0.15) is 5.75 Å². The highest BCUT2D eigenvalue weighted by atomic mass is 16.5. The quantitative estimate of drug-likeness (QED) is 0.834. The Bertz CT molecular complexity index is 745. The van der Waals surface area contributed by atoms with Gasteiger partial charge < -0.3 is 25.2 Å². The van der Waals surface area contributed by atoms with E-state index in [4.69, 9.17) is 4.74 Å². The molecule has 0 saturated carbocycles. The number of ether oxygens (including phenoxy) is 1. The number of nitrogens with zero attached hydrogens (tertiary/aromatic N) is 2. The summed E-state index contributed by atoms with van der Waals surface area (Å²) in [5, 5.41) is 5.66. The van der Waals surface area contributed by atoms with Crippen molar-refractivity contribution >= 4 is 23.5 Å². The summed E-state index contributed by atoms with van der Waals surface area (Å²) in [5.41, 5.74) is 0.631. The second-order valence-electron chi connectivity index (χ2n) is 7.19. The van der Waals surface area contributed by atoms with Crippen LogP contribution in [0.5, 0.6) is 5.75 Å². The second-order valence-corrected chi connectivity index (χ2v) is 7.19. The van der Waals surface area contributed by atoms with E-state index in [-0.39, 0.29) is 30.3 Å². The zero-order chi connectivity index (χ0) is 18.8. The number of fused-ring (bicyclic) bond motifs is 1. The zero-order valence-corrected chi connectivity index (χ0v) is 15.1. The third-order valence-electron chi connectivity index (χ3n) is 5.44. The van der Waals surface area contributed by atoms with Gasteiger partial charge in [-0.05, 0) is 31.4 Å². The normalized spacial score (nSPS) is 23.2. The lowest BCUT2D eigenvalue weighted by molar-refractivity contribution is -0.138. The highest BCUT2D eigenvalue weighted by Crippen LogP contribution is 2.30. The Morgan fingerprint density at radius 3 is 2.70 bits per heavy atom. The molecule has 3 aliphatic heterocycles. The number of anilines is 1. The van der Waals surface area contributed by atoms with Crippen LogP contribution in [0.25, 0.3) is 0 Å². The Morgan fingerprint density at radius 1 is 1.15 bits per heavy atom. The van der Waals surface area contributed by atoms with E-state index in [2.05, 4.69) is 10.6 Å². The largest absolute Gasteiger partial charge is 0.478 e.